The summed E-state index contributed by atoms with van der Waals surface area (Å²) in [6.07, 6.45) is 5.54. The van der Waals surface area contributed by atoms with Crippen LogP contribution in [0.5, 0.6) is 0 Å². The second-order valence-corrected chi connectivity index (χ2v) is 8.52. The predicted molar refractivity (Wildman–Crippen MR) is 114 cm³/mol. The van der Waals surface area contributed by atoms with E-state index in [0.29, 0.717) is 6.54 Å². The second kappa shape index (κ2) is 8.40. The van der Waals surface area contributed by atoms with E-state index in [9.17, 15) is 9.59 Å². The van der Waals surface area contributed by atoms with Crippen LogP contribution in [-0.4, -0.2) is 34.2 Å². The standard InChI is InChI=1S/C25H30N2O2/c1-18-12-14-20(15-13-18)16-27-23(28)17-26(21-9-4-3-5-10-21)25(29)24(27)22-11-7-6-8-19(22)2/h6-8,11-15,21,24H,3-5,9-10,16-17H2,1-2H3/t24-/m1/s1. The lowest BCUT2D eigenvalue weighted by molar-refractivity contribution is -0.160. The number of hydrogen-bond donors (Lipinski definition) is 0. The van der Waals surface area contributed by atoms with Crippen molar-refractivity contribution in [1.82, 2.24) is 9.80 Å². The first kappa shape index (κ1) is 19.7. The van der Waals surface area contributed by atoms with Crippen molar-refractivity contribution in [2.24, 2.45) is 0 Å². The Labute approximate surface area is 173 Å². The van der Waals surface area contributed by atoms with Crippen LogP contribution < -0.4 is 0 Å². The molecule has 1 aliphatic carbocycles. The molecule has 0 N–H and O–H groups in total. The van der Waals surface area contributed by atoms with Gasteiger partial charge in [0.05, 0.1) is 0 Å². The van der Waals surface area contributed by atoms with Gasteiger partial charge in [0.2, 0.25) is 5.91 Å². The van der Waals surface area contributed by atoms with Gasteiger partial charge >= 0.3 is 0 Å². The van der Waals surface area contributed by atoms with Crippen molar-refractivity contribution >= 4 is 11.8 Å². The van der Waals surface area contributed by atoms with Gasteiger partial charge in [0.25, 0.3) is 5.91 Å². The third kappa shape index (κ3) is 4.07. The minimum absolute atomic E-state index is 0.0454. The number of nitrogens with zero attached hydrogens (tertiary/aromatic N) is 2. The fourth-order valence-electron chi connectivity index (χ4n) is 4.71. The number of amides is 2. The molecule has 0 unspecified atom stereocenters. The van der Waals surface area contributed by atoms with E-state index in [4.69, 9.17) is 0 Å². The number of carbonyl (C=O) groups is 2. The highest BCUT2D eigenvalue weighted by Crippen LogP contribution is 2.34. The Morgan fingerprint density at radius 2 is 1.59 bits per heavy atom. The van der Waals surface area contributed by atoms with Crippen molar-refractivity contribution in [2.75, 3.05) is 6.54 Å². The summed E-state index contributed by atoms with van der Waals surface area (Å²) in [5.41, 5.74) is 4.24. The van der Waals surface area contributed by atoms with E-state index < -0.39 is 6.04 Å². The number of rotatable bonds is 4. The van der Waals surface area contributed by atoms with Crippen molar-refractivity contribution in [3.8, 4) is 0 Å². The fraction of sp³-hybridized carbons (Fsp3) is 0.440. The molecule has 0 spiro atoms. The van der Waals surface area contributed by atoms with Crippen molar-refractivity contribution in [2.45, 2.75) is 64.6 Å². The highest BCUT2D eigenvalue weighted by molar-refractivity contribution is 5.96. The van der Waals surface area contributed by atoms with Crippen LogP contribution in [0.4, 0.5) is 0 Å². The third-order valence-corrected chi connectivity index (χ3v) is 6.43. The monoisotopic (exact) mass is 390 g/mol. The number of aryl methyl sites for hydroxylation is 2. The molecular weight excluding hydrogens is 360 g/mol. The molecule has 4 nitrogen and oxygen atoms in total. The average Bonchev–Trinajstić information content (AvgIpc) is 2.74. The lowest BCUT2D eigenvalue weighted by atomic mass is 9.90. The largest absolute Gasteiger partial charge is 0.328 e. The molecule has 4 heteroatoms. The lowest BCUT2D eigenvalue weighted by Gasteiger charge is -2.45. The Hall–Kier alpha value is -2.62. The van der Waals surface area contributed by atoms with Crippen molar-refractivity contribution in [1.29, 1.82) is 0 Å². The summed E-state index contributed by atoms with van der Waals surface area (Å²) in [6, 6.07) is 15.8. The molecule has 4 rings (SSSR count). The number of hydrogen-bond acceptors (Lipinski definition) is 2. The highest BCUT2D eigenvalue weighted by atomic mass is 16.2. The van der Waals surface area contributed by atoms with Crippen LogP contribution in [0.3, 0.4) is 0 Å². The van der Waals surface area contributed by atoms with E-state index >= 15 is 0 Å². The molecule has 2 aromatic rings. The average molecular weight is 391 g/mol. The molecule has 1 heterocycles. The molecule has 1 aliphatic heterocycles. The van der Waals surface area contributed by atoms with E-state index in [1.807, 2.05) is 36.1 Å². The van der Waals surface area contributed by atoms with Gasteiger partial charge in [-0.2, -0.15) is 0 Å². The second-order valence-electron chi connectivity index (χ2n) is 8.52. The van der Waals surface area contributed by atoms with E-state index in [2.05, 4.69) is 31.2 Å². The maximum absolute atomic E-state index is 13.7. The summed E-state index contributed by atoms with van der Waals surface area (Å²) >= 11 is 0. The molecule has 0 aromatic heterocycles. The Morgan fingerprint density at radius 3 is 2.28 bits per heavy atom. The first-order valence-electron chi connectivity index (χ1n) is 10.8. The van der Waals surface area contributed by atoms with Gasteiger partial charge in [-0.3, -0.25) is 9.59 Å². The molecule has 1 atom stereocenters. The SMILES string of the molecule is Cc1ccc(CN2C(=O)CN(C3CCCCC3)C(=O)[C@H]2c2ccccc2C)cc1. The van der Waals surface area contributed by atoms with E-state index in [1.54, 1.807) is 4.90 Å². The van der Waals surface area contributed by atoms with Crippen molar-refractivity contribution in [3.05, 3.63) is 70.8 Å². The van der Waals surface area contributed by atoms with Gasteiger partial charge in [0.1, 0.15) is 12.6 Å². The molecule has 152 valence electrons. The summed E-state index contributed by atoms with van der Waals surface area (Å²) in [5, 5.41) is 0. The van der Waals surface area contributed by atoms with Crippen LogP contribution in [0.15, 0.2) is 48.5 Å². The molecule has 2 aliphatic rings. The smallest absolute Gasteiger partial charge is 0.250 e. The van der Waals surface area contributed by atoms with Gasteiger partial charge in [-0.15, -0.1) is 0 Å². The van der Waals surface area contributed by atoms with Gasteiger partial charge in [-0.25, -0.2) is 0 Å². The number of piperazine rings is 1. The van der Waals surface area contributed by atoms with Crippen LogP contribution in [0, 0.1) is 13.8 Å². The fourth-order valence-corrected chi connectivity index (χ4v) is 4.71. The quantitative estimate of drug-likeness (QED) is 0.768. The zero-order chi connectivity index (χ0) is 20.4. The summed E-state index contributed by atoms with van der Waals surface area (Å²) in [7, 11) is 0. The molecule has 1 saturated carbocycles. The topological polar surface area (TPSA) is 40.6 Å². The molecular formula is C25H30N2O2. The number of benzene rings is 2. The van der Waals surface area contributed by atoms with Crippen LogP contribution in [0.25, 0.3) is 0 Å². The van der Waals surface area contributed by atoms with Gasteiger partial charge in [0.15, 0.2) is 0 Å². The minimum Gasteiger partial charge on any atom is -0.328 e. The number of carbonyl (C=O) groups excluding carboxylic acids is 2. The predicted octanol–water partition coefficient (Wildman–Crippen LogP) is 4.55. The van der Waals surface area contributed by atoms with Crippen LogP contribution >= 0.6 is 0 Å². The molecule has 2 fully saturated rings. The summed E-state index contributed by atoms with van der Waals surface area (Å²) in [4.78, 5) is 30.7. The third-order valence-electron chi connectivity index (χ3n) is 6.43. The van der Waals surface area contributed by atoms with Crippen LogP contribution in [0.2, 0.25) is 0 Å². The Kier molecular flexibility index (Phi) is 5.70. The maximum atomic E-state index is 13.7. The molecule has 2 amide bonds. The summed E-state index contributed by atoms with van der Waals surface area (Å²) in [6.45, 7) is 4.74. The van der Waals surface area contributed by atoms with Crippen LogP contribution in [0.1, 0.15) is 60.4 Å². The normalized spacial score (nSPS) is 21.0. The van der Waals surface area contributed by atoms with E-state index in [0.717, 1.165) is 42.4 Å². The first-order chi connectivity index (χ1) is 14.0. The van der Waals surface area contributed by atoms with Gasteiger partial charge < -0.3 is 9.80 Å². The van der Waals surface area contributed by atoms with Gasteiger partial charge in [-0.05, 0) is 43.4 Å². The van der Waals surface area contributed by atoms with Crippen molar-refractivity contribution in [3.63, 3.8) is 0 Å². The van der Waals surface area contributed by atoms with Gasteiger partial charge in [-0.1, -0.05) is 73.4 Å². The zero-order valence-corrected chi connectivity index (χ0v) is 17.4. The Bertz CT molecular complexity index is 884. The summed E-state index contributed by atoms with van der Waals surface area (Å²) < 4.78 is 0. The molecule has 29 heavy (non-hydrogen) atoms. The lowest BCUT2D eigenvalue weighted by Crippen LogP contribution is -2.58. The molecule has 0 bridgehead atoms. The van der Waals surface area contributed by atoms with E-state index in [1.165, 1.54) is 12.0 Å². The minimum atomic E-state index is -0.541. The highest BCUT2D eigenvalue weighted by Gasteiger charge is 2.43. The zero-order valence-electron chi connectivity index (χ0n) is 17.4. The molecule has 2 aromatic carbocycles. The summed E-state index contributed by atoms with van der Waals surface area (Å²) in [5.74, 6) is 0.127. The maximum Gasteiger partial charge on any atom is 0.250 e. The van der Waals surface area contributed by atoms with Crippen molar-refractivity contribution < 1.29 is 9.59 Å². The Balaban J connectivity index is 1.69. The van der Waals surface area contributed by atoms with E-state index in [-0.39, 0.29) is 24.4 Å². The Morgan fingerprint density at radius 1 is 0.897 bits per heavy atom. The van der Waals surface area contributed by atoms with Crippen LogP contribution in [-0.2, 0) is 16.1 Å². The molecule has 1 saturated heterocycles. The molecule has 0 radical (unpaired) electrons. The first-order valence-corrected chi connectivity index (χ1v) is 10.8. The van der Waals surface area contributed by atoms with Gasteiger partial charge in [0, 0.05) is 12.6 Å².